The summed E-state index contributed by atoms with van der Waals surface area (Å²) in [6.45, 7) is 5.50. The van der Waals surface area contributed by atoms with Crippen molar-refractivity contribution >= 4 is 35.1 Å². The molecule has 146 valence electrons. The number of nitrogens with one attached hydrogen (secondary N) is 2. The zero-order valence-electron chi connectivity index (χ0n) is 15.6. The van der Waals surface area contributed by atoms with Crippen molar-refractivity contribution in [3.8, 4) is 0 Å². The van der Waals surface area contributed by atoms with Crippen molar-refractivity contribution in [3.05, 3.63) is 36.0 Å². The predicted octanol–water partition coefficient (Wildman–Crippen LogP) is 2.26. The Morgan fingerprint density at radius 1 is 1.07 bits per heavy atom. The third kappa shape index (κ3) is 4.12. The molecular weight excluding hydrogens is 364 g/mol. The van der Waals surface area contributed by atoms with E-state index in [1.54, 1.807) is 0 Å². The Bertz CT molecular complexity index is 780. The minimum absolute atomic E-state index is 0. The standard InChI is InChI=1S/C20H26N4O2.ClH/c1-14-12-16(6-7-21-14)19(25)23-8-10-24(11-9-23)20(26)18-13-15-4-2-3-5-17(15)22-18;/h2-5,13-14,16,21-22H,6-12H2,1H3;1H/t14-,16-;/m0./s1. The molecule has 2 aliphatic heterocycles. The number of piperidine rings is 1. The summed E-state index contributed by atoms with van der Waals surface area (Å²) in [6, 6.07) is 10.2. The van der Waals surface area contributed by atoms with E-state index in [2.05, 4.69) is 17.2 Å². The highest BCUT2D eigenvalue weighted by Crippen LogP contribution is 2.21. The molecule has 2 N–H and O–H groups in total. The second-order valence-corrected chi connectivity index (χ2v) is 7.46. The largest absolute Gasteiger partial charge is 0.351 e. The number of aromatic nitrogens is 1. The molecule has 6 nitrogen and oxygen atoms in total. The van der Waals surface area contributed by atoms with Crippen LogP contribution in [-0.4, -0.2) is 65.4 Å². The molecule has 2 atom stereocenters. The van der Waals surface area contributed by atoms with Crippen LogP contribution in [0, 0.1) is 5.92 Å². The lowest BCUT2D eigenvalue weighted by Gasteiger charge is -2.38. The van der Waals surface area contributed by atoms with E-state index in [-0.39, 0.29) is 30.1 Å². The number of aromatic amines is 1. The van der Waals surface area contributed by atoms with E-state index in [0.29, 0.717) is 37.9 Å². The molecule has 0 saturated carbocycles. The first kappa shape index (κ1) is 19.7. The van der Waals surface area contributed by atoms with Crippen LogP contribution in [-0.2, 0) is 4.79 Å². The van der Waals surface area contributed by atoms with Crippen LogP contribution in [0.15, 0.2) is 30.3 Å². The molecule has 2 aliphatic rings. The van der Waals surface area contributed by atoms with E-state index in [1.165, 1.54) is 0 Å². The molecule has 2 aromatic rings. The van der Waals surface area contributed by atoms with Crippen molar-refractivity contribution in [2.24, 2.45) is 5.92 Å². The molecule has 2 saturated heterocycles. The monoisotopic (exact) mass is 390 g/mol. The Kier molecular flexibility index (Phi) is 6.07. The molecule has 1 aromatic heterocycles. The fourth-order valence-electron chi connectivity index (χ4n) is 4.10. The van der Waals surface area contributed by atoms with Gasteiger partial charge in [-0.2, -0.15) is 0 Å². The molecule has 0 unspecified atom stereocenters. The van der Waals surface area contributed by atoms with Gasteiger partial charge in [-0.1, -0.05) is 18.2 Å². The Morgan fingerprint density at radius 3 is 2.48 bits per heavy atom. The van der Waals surface area contributed by atoms with Crippen molar-refractivity contribution < 1.29 is 9.59 Å². The van der Waals surface area contributed by atoms with Gasteiger partial charge < -0.3 is 20.1 Å². The molecule has 0 radical (unpaired) electrons. The van der Waals surface area contributed by atoms with E-state index in [1.807, 2.05) is 40.1 Å². The molecule has 0 aliphatic carbocycles. The summed E-state index contributed by atoms with van der Waals surface area (Å²) in [4.78, 5) is 32.5. The fraction of sp³-hybridized carbons (Fsp3) is 0.500. The second-order valence-electron chi connectivity index (χ2n) is 7.46. The van der Waals surface area contributed by atoms with Crippen LogP contribution in [0.1, 0.15) is 30.3 Å². The Morgan fingerprint density at radius 2 is 1.78 bits per heavy atom. The van der Waals surface area contributed by atoms with Gasteiger partial charge in [0, 0.05) is 49.0 Å². The van der Waals surface area contributed by atoms with Gasteiger partial charge in [0.1, 0.15) is 5.69 Å². The van der Waals surface area contributed by atoms with Crippen LogP contribution in [0.4, 0.5) is 0 Å². The van der Waals surface area contributed by atoms with Gasteiger partial charge in [-0.3, -0.25) is 9.59 Å². The third-order valence-corrected chi connectivity index (χ3v) is 5.61. The van der Waals surface area contributed by atoms with E-state index in [9.17, 15) is 9.59 Å². The molecule has 1 aromatic carbocycles. The molecule has 2 amide bonds. The SMILES string of the molecule is C[C@H]1C[C@@H](C(=O)N2CCN(C(=O)c3cc4ccccc4[nH]3)CC2)CCN1.Cl. The average molecular weight is 391 g/mol. The number of rotatable bonds is 2. The summed E-state index contributed by atoms with van der Waals surface area (Å²) in [5.41, 5.74) is 1.60. The number of halogens is 1. The molecule has 2 fully saturated rings. The number of para-hydroxylation sites is 1. The van der Waals surface area contributed by atoms with Gasteiger partial charge in [-0.15, -0.1) is 12.4 Å². The van der Waals surface area contributed by atoms with Crippen LogP contribution in [0.5, 0.6) is 0 Å². The second kappa shape index (κ2) is 8.31. The third-order valence-electron chi connectivity index (χ3n) is 5.61. The van der Waals surface area contributed by atoms with Gasteiger partial charge in [-0.05, 0) is 38.4 Å². The van der Waals surface area contributed by atoms with Crippen molar-refractivity contribution in [3.63, 3.8) is 0 Å². The summed E-state index contributed by atoms with van der Waals surface area (Å²) in [6.07, 6.45) is 1.82. The number of fused-ring (bicyclic) bond motifs is 1. The summed E-state index contributed by atoms with van der Waals surface area (Å²) >= 11 is 0. The first-order valence-corrected chi connectivity index (χ1v) is 9.51. The Balaban J connectivity index is 0.00000210. The maximum atomic E-state index is 12.8. The van der Waals surface area contributed by atoms with Gasteiger partial charge in [-0.25, -0.2) is 0 Å². The van der Waals surface area contributed by atoms with Crippen LogP contribution in [0.3, 0.4) is 0 Å². The van der Waals surface area contributed by atoms with Crippen molar-refractivity contribution in [1.82, 2.24) is 20.1 Å². The van der Waals surface area contributed by atoms with Crippen LogP contribution < -0.4 is 5.32 Å². The maximum absolute atomic E-state index is 12.8. The number of nitrogens with zero attached hydrogens (tertiary/aromatic N) is 2. The lowest BCUT2D eigenvalue weighted by Crippen LogP contribution is -2.53. The van der Waals surface area contributed by atoms with Gasteiger partial charge in [0.15, 0.2) is 0 Å². The minimum Gasteiger partial charge on any atom is -0.351 e. The molecule has 3 heterocycles. The van der Waals surface area contributed by atoms with Gasteiger partial charge in [0.05, 0.1) is 0 Å². The first-order chi connectivity index (χ1) is 12.6. The topological polar surface area (TPSA) is 68.4 Å². The van der Waals surface area contributed by atoms with E-state index in [0.717, 1.165) is 30.3 Å². The quantitative estimate of drug-likeness (QED) is 0.826. The normalized spacial score (nSPS) is 23.1. The number of piperazine rings is 1. The Hall–Kier alpha value is -2.05. The predicted molar refractivity (Wildman–Crippen MR) is 108 cm³/mol. The molecule has 0 bridgehead atoms. The highest BCUT2D eigenvalue weighted by molar-refractivity contribution is 5.98. The van der Waals surface area contributed by atoms with Gasteiger partial charge in [0.25, 0.3) is 5.91 Å². The van der Waals surface area contributed by atoms with Gasteiger partial charge in [0.2, 0.25) is 5.91 Å². The van der Waals surface area contributed by atoms with Crippen LogP contribution in [0.2, 0.25) is 0 Å². The summed E-state index contributed by atoms with van der Waals surface area (Å²) in [5, 5.41) is 4.44. The van der Waals surface area contributed by atoms with E-state index >= 15 is 0 Å². The van der Waals surface area contributed by atoms with E-state index < -0.39 is 0 Å². The fourth-order valence-corrected chi connectivity index (χ4v) is 4.10. The highest BCUT2D eigenvalue weighted by atomic mass is 35.5. The molecule has 4 rings (SSSR count). The van der Waals surface area contributed by atoms with Crippen molar-refractivity contribution in [2.75, 3.05) is 32.7 Å². The Labute approximate surface area is 165 Å². The number of carbonyl (C=O) groups excluding carboxylic acids is 2. The number of amides is 2. The lowest BCUT2D eigenvalue weighted by atomic mass is 9.92. The average Bonchev–Trinajstić information content (AvgIpc) is 3.11. The number of benzene rings is 1. The number of carbonyl (C=O) groups is 2. The van der Waals surface area contributed by atoms with Crippen LogP contribution in [0.25, 0.3) is 10.9 Å². The summed E-state index contributed by atoms with van der Waals surface area (Å²) < 4.78 is 0. The smallest absolute Gasteiger partial charge is 0.270 e. The zero-order chi connectivity index (χ0) is 18.1. The number of hydrogen-bond donors (Lipinski definition) is 2. The molecule has 0 spiro atoms. The van der Waals surface area contributed by atoms with Crippen molar-refractivity contribution in [2.45, 2.75) is 25.8 Å². The number of H-pyrrole nitrogens is 1. The summed E-state index contributed by atoms with van der Waals surface area (Å²) in [7, 11) is 0. The summed E-state index contributed by atoms with van der Waals surface area (Å²) in [5.74, 6) is 0.405. The van der Waals surface area contributed by atoms with Gasteiger partial charge >= 0.3 is 0 Å². The molecular formula is C20H27ClN4O2. The lowest BCUT2D eigenvalue weighted by molar-refractivity contribution is -0.138. The van der Waals surface area contributed by atoms with E-state index in [4.69, 9.17) is 0 Å². The first-order valence-electron chi connectivity index (χ1n) is 9.51. The highest BCUT2D eigenvalue weighted by Gasteiger charge is 2.31. The number of hydrogen-bond acceptors (Lipinski definition) is 3. The molecule has 27 heavy (non-hydrogen) atoms. The maximum Gasteiger partial charge on any atom is 0.270 e. The van der Waals surface area contributed by atoms with Crippen molar-refractivity contribution in [1.29, 1.82) is 0 Å². The van der Waals surface area contributed by atoms with Crippen LogP contribution >= 0.6 is 12.4 Å². The minimum atomic E-state index is 0. The zero-order valence-corrected chi connectivity index (χ0v) is 16.4. The molecule has 7 heteroatoms.